The van der Waals surface area contributed by atoms with Crippen molar-refractivity contribution in [1.82, 2.24) is 9.78 Å². The third-order valence-electron chi connectivity index (χ3n) is 2.53. The third-order valence-corrected chi connectivity index (χ3v) is 3.26. The van der Waals surface area contributed by atoms with Crippen LogP contribution in [0.4, 0.5) is 0 Å². The molecular weight excluding hydrogens is 224 g/mol. The normalized spacial score (nSPS) is 10.6. The van der Waals surface area contributed by atoms with Crippen molar-refractivity contribution in [2.45, 2.75) is 19.9 Å². The first-order valence-corrected chi connectivity index (χ1v) is 5.89. The molecule has 0 unspecified atom stereocenters. The van der Waals surface area contributed by atoms with Gasteiger partial charge in [0.05, 0.1) is 6.20 Å². The number of aromatic nitrogens is 2. The van der Waals surface area contributed by atoms with Crippen molar-refractivity contribution >= 4 is 17.3 Å². The van der Waals surface area contributed by atoms with Gasteiger partial charge in [-0.05, 0) is 35.7 Å². The number of aryl methyl sites for hydroxylation is 2. The van der Waals surface area contributed by atoms with E-state index < -0.39 is 5.97 Å². The molecule has 5 heteroatoms. The summed E-state index contributed by atoms with van der Waals surface area (Å²) < 4.78 is 1.74. The monoisotopic (exact) mass is 236 g/mol. The maximum atomic E-state index is 10.8. The maximum absolute atomic E-state index is 10.8. The topological polar surface area (TPSA) is 55.1 Å². The van der Waals surface area contributed by atoms with Crippen LogP contribution in [0, 0.1) is 6.92 Å². The minimum Gasteiger partial charge on any atom is -0.478 e. The van der Waals surface area contributed by atoms with Gasteiger partial charge in [0.2, 0.25) is 0 Å². The van der Waals surface area contributed by atoms with E-state index in [0.717, 1.165) is 13.0 Å². The molecule has 2 aromatic rings. The smallest absolute Gasteiger partial charge is 0.339 e. The highest BCUT2D eigenvalue weighted by Crippen LogP contribution is 2.10. The molecule has 0 atom stereocenters. The molecule has 2 heterocycles. The quantitative estimate of drug-likeness (QED) is 0.885. The Kier molecular flexibility index (Phi) is 3.05. The second-order valence-electron chi connectivity index (χ2n) is 3.55. The van der Waals surface area contributed by atoms with Crippen molar-refractivity contribution in [2.75, 3.05) is 0 Å². The van der Waals surface area contributed by atoms with Crippen LogP contribution >= 0.6 is 11.3 Å². The molecule has 0 aromatic carbocycles. The highest BCUT2D eigenvalue weighted by molar-refractivity contribution is 7.07. The number of aromatic carboxylic acids is 1. The van der Waals surface area contributed by atoms with E-state index in [1.54, 1.807) is 22.9 Å². The zero-order valence-electron chi connectivity index (χ0n) is 8.88. The Bertz CT molecular complexity index is 488. The minimum atomic E-state index is -0.917. The van der Waals surface area contributed by atoms with Crippen LogP contribution in [0.1, 0.15) is 21.6 Å². The lowest BCUT2D eigenvalue weighted by Crippen LogP contribution is -2.06. The number of rotatable bonds is 4. The molecule has 0 amide bonds. The second kappa shape index (κ2) is 4.49. The van der Waals surface area contributed by atoms with Crippen molar-refractivity contribution in [3.05, 3.63) is 39.8 Å². The predicted molar refractivity (Wildman–Crippen MR) is 61.9 cm³/mol. The fraction of sp³-hybridized carbons (Fsp3) is 0.273. The van der Waals surface area contributed by atoms with Gasteiger partial charge in [0.1, 0.15) is 5.56 Å². The summed E-state index contributed by atoms with van der Waals surface area (Å²) >= 11 is 1.67. The number of carbonyl (C=O) groups is 1. The number of carboxylic acid groups (broad SMARTS) is 1. The predicted octanol–water partition coefficient (Wildman–Crippen LogP) is 2.19. The van der Waals surface area contributed by atoms with Gasteiger partial charge in [-0.2, -0.15) is 16.4 Å². The summed E-state index contributed by atoms with van der Waals surface area (Å²) in [4.78, 5) is 10.8. The van der Waals surface area contributed by atoms with Crippen molar-refractivity contribution < 1.29 is 9.90 Å². The van der Waals surface area contributed by atoms with Crippen LogP contribution in [0.3, 0.4) is 0 Å². The van der Waals surface area contributed by atoms with Gasteiger partial charge < -0.3 is 5.11 Å². The summed E-state index contributed by atoms with van der Waals surface area (Å²) in [6.07, 6.45) is 2.29. The summed E-state index contributed by atoms with van der Waals surface area (Å²) in [5, 5.41) is 17.1. The molecule has 0 aliphatic rings. The van der Waals surface area contributed by atoms with Gasteiger partial charge in [-0.15, -0.1) is 0 Å². The molecular formula is C11H12N2O2S. The Labute approximate surface area is 97.2 Å². The van der Waals surface area contributed by atoms with Crippen LogP contribution in [0.2, 0.25) is 0 Å². The lowest BCUT2D eigenvalue weighted by atomic mass is 10.2. The van der Waals surface area contributed by atoms with E-state index in [1.165, 1.54) is 11.8 Å². The number of carboxylic acids is 1. The van der Waals surface area contributed by atoms with Crippen molar-refractivity contribution in [3.63, 3.8) is 0 Å². The Balaban J connectivity index is 2.08. The molecule has 0 bridgehead atoms. The van der Waals surface area contributed by atoms with E-state index >= 15 is 0 Å². The van der Waals surface area contributed by atoms with E-state index in [1.807, 2.05) is 5.38 Å². The number of thiophene rings is 1. The van der Waals surface area contributed by atoms with E-state index in [9.17, 15) is 4.79 Å². The summed E-state index contributed by atoms with van der Waals surface area (Å²) in [5.41, 5.74) is 2.25. The third kappa shape index (κ3) is 2.14. The van der Waals surface area contributed by atoms with Gasteiger partial charge in [-0.25, -0.2) is 4.79 Å². The lowest BCUT2D eigenvalue weighted by molar-refractivity contribution is 0.0696. The molecule has 1 N–H and O–H groups in total. The molecule has 16 heavy (non-hydrogen) atoms. The van der Waals surface area contributed by atoms with Crippen LogP contribution in [0.15, 0.2) is 23.0 Å². The fourth-order valence-electron chi connectivity index (χ4n) is 1.55. The Morgan fingerprint density at radius 2 is 2.44 bits per heavy atom. The van der Waals surface area contributed by atoms with Crippen molar-refractivity contribution in [3.8, 4) is 0 Å². The highest BCUT2D eigenvalue weighted by atomic mass is 32.1. The van der Waals surface area contributed by atoms with Gasteiger partial charge in [-0.3, -0.25) is 4.68 Å². The molecule has 0 aliphatic carbocycles. The van der Waals surface area contributed by atoms with Crippen molar-refractivity contribution in [2.24, 2.45) is 0 Å². The van der Waals surface area contributed by atoms with Gasteiger partial charge in [0.15, 0.2) is 0 Å². The standard InChI is InChI=1S/C11H12N2O2S/c1-8-10(11(14)15)6-12-13(8)4-2-9-3-5-16-7-9/h3,5-7H,2,4H2,1H3,(H,14,15). The summed E-state index contributed by atoms with van der Waals surface area (Å²) in [6.45, 7) is 2.50. The van der Waals surface area contributed by atoms with Crippen LogP contribution in [-0.4, -0.2) is 20.9 Å². The van der Waals surface area contributed by atoms with Crippen molar-refractivity contribution in [1.29, 1.82) is 0 Å². The fourth-order valence-corrected chi connectivity index (χ4v) is 2.25. The molecule has 2 rings (SSSR count). The maximum Gasteiger partial charge on any atom is 0.339 e. The van der Waals surface area contributed by atoms with Crippen LogP contribution in [-0.2, 0) is 13.0 Å². The minimum absolute atomic E-state index is 0.283. The molecule has 0 aliphatic heterocycles. The second-order valence-corrected chi connectivity index (χ2v) is 4.33. The molecule has 2 aromatic heterocycles. The first-order chi connectivity index (χ1) is 7.68. The zero-order chi connectivity index (χ0) is 11.5. The van der Waals surface area contributed by atoms with Crippen LogP contribution in [0.25, 0.3) is 0 Å². The molecule has 0 radical (unpaired) electrons. The Morgan fingerprint density at radius 1 is 1.62 bits per heavy atom. The number of nitrogens with zero attached hydrogens (tertiary/aromatic N) is 2. The molecule has 0 saturated carbocycles. The SMILES string of the molecule is Cc1c(C(=O)O)cnn1CCc1ccsc1. The Morgan fingerprint density at radius 3 is 3.00 bits per heavy atom. The molecule has 4 nitrogen and oxygen atoms in total. The summed E-state index contributed by atoms with van der Waals surface area (Å²) in [6, 6.07) is 2.07. The van der Waals surface area contributed by atoms with Gasteiger partial charge in [0, 0.05) is 12.2 Å². The molecule has 0 fully saturated rings. The van der Waals surface area contributed by atoms with Gasteiger partial charge in [0.25, 0.3) is 0 Å². The van der Waals surface area contributed by atoms with E-state index in [0.29, 0.717) is 5.69 Å². The number of hydrogen-bond donors (Lipinski definition) is 1. The van der Waals surface area contributed by atoms with Gasteiger partial charge in [-0.1, -0.05) is 0 Å². The first kappa shape index (κ1) is 10.9. The van der Waals surface area contributed by atoms with E-state index in [4.69, 9.17) is 5.11 Å². The average Bonchev–Trinajstić information content (AvgIpc) is 2.84. The van der Waals surface area contributed by atoms with Crippen LogP contribution in [0.5, 0.6) is 0 Å². The van der Waals surface area contributed by atoms with Gasteiger partial charge >= 0.3 is 5.97 Å². The molecule has 0 saturated heterocycles. The summed E-state index contributed by atoms with van der Waals surface area (Å²) in [5.74, 6) is -0.917. The average molecular weight is 236 g/mol. The zero-order valence-corrected chi connectivity index (χ0v) is 9.70. The Hall–Kier alpha value is -1.62. The highest BCUT2D eigenvalue weighted by Gasteiger charge is 2.12. The first-order valence-electron chi connectivity index (χ1n) is 4.95. The lowest BCUT2D eigenvalue weighted by Gasteiger charge is -2.03. The molecule has 84 valence electrons. The number of hydrogen-bond acceptors (Lipinski definition) is 3. The van der Waals surface area contributed by atoms with E-state index in [2.05, 4.69) is 16.5 Å². The molecule has 0 spiro atoms. The van der Waals surface area contributed by atoms with Crippen LogP contribution < -0.4 is 0 Å². The van der Waals surface area contributed by atoms with E-state index in [-0.39, 0.29) is 5.56 Å². The summed E-state index contributed by atoms with van der Waals surface area (Å²) in [7, 11) is 0. The largest absolute Gasteiger partial charge is 0.478 e.